The van der Waals surface area contributed by atoms with Gasteiger partial charge >= 0.3 is 11.1 Å². The first-order valence-electron chi connectivity index (χ1n) is 8.99. The first kappa shape index (κ1) is 21.0. The van der Waals surface area contributed by atoms with Gasteiger partial charge in [0.1, 0.15) is 5.82 Å². The maximum absolute atomic E-state index is 13.2. The van der Waals surface area contributed by atoms with Crippen molar-refractivity contribution in [1.82, 2.24) is 9.97 Å². The third kappa shape index (κ3) is 4.17. The van der Waals surface area contributed by atoms with Gasteiger partial charge in [-0.2, -0.15) is 0 Å². The molecule has 31 heavy (non-hydrogen) atoms. The average molecular weight is 504 g/mol. The Morgan fingerprint density at radius 2 is 1.52 bits per heavy atom. The van der Waals surface area contributed by atoms with E-state index >= 15 is 0 Å². The molecule has 0 atom stereocenters. The summed E-state index contributed by atoms with van der Waals surface area (Å²) in [6.07, 6.45) is 0. The van der Waals surface area contributed by atoms with Gasteiger partial charge in [-0.15, -0.1) is 0 Å². The number of aromatic amines is 2. The van der Waals surface area contributed by atoms with E-state index in [0.717, 1.165) is 11.1 Å². The van der Waals surface area contributed by atoms with Gasteiger partial charge in [-0.25, -0.2) is 12.8 Å². The number of rotatable bonds is 4. The lowest BCUT2D eigenvalue weighted by Crippen LogP contribution is -2.29. The van der Waals surface area contributed by atoms with Gasteiger partial charge in [-0.05, 0) is 60.0 Å². The fourth-order valence-corrected chi connectivity index (χ4v) is 5.11. The number of fused-ring (bicyclic) bond motifs is 1. The smallest absolute Gasteiger partial charge is 0.314 e. The van der Waals surface area contributed by atoms with Crippen LogP contribution in [0.5, 0.6) is 0 Å². The predicted molar refractivity (Wildman–Crippen MR) is 120 cm³/mol. The van der Waals surface area contributed by atoms with Crippen molar-refractivity contribution in [3.05, 3.63) is 91.2 Å². The Morgan fingerprint density at radius 1 is 0.903 bits per heavy atom. The summed E-state index contributed by atoms with van der Waals surface area (Å²) in [6, 6.07) is 13.6. The van der Waals surface area contributed by atoms with E-state index in [2.05, 4.69) is 30.6 Å². The lowest BCUT2D eigenvalue weighted by molar-refractivity contribution is 0.600. The topological polar surface area (TPSA) is 112 Å². The Labute approximate surface area is 184 Å². The summed E-state index contributed by atoms with van der Waals surface area (Å²) < 4.78 is 42.3. The molecule has 3 aromatic carbocycles. The molecular formula is C21H15BrFN3O4S. The summed E-state index contributed by atoms with van der Waals surface area (Å²) in [7, 11) is -3.99. The van der Waals surface area contributed by atoms with E-state index in [0.29, 0.717) is 21.2 Å². The summed E-state index contributed by atoms with van der Waals surface area (Å²) in [5.74, 6) is -0.347. The van der Waals surface area contributed by atoms with Gasteiger partial charge in [-0.1, -0.05) is 34.1 Å². The standard InChI is InChI=1S/C21H15BrFN3O4S/c1-11-8-17-18(25-21(28)20(27)24-17)10-19(11)31(29,30)26-14-6-7-15(16(22)9-14)12-2-4-13(23)5-3-12/h2-10,26H,1H3,(H,24,27)(H,25,28). The molecule has 0 fully saturated rings. The summed E-state index contributed by atoms with van der Waals surface area (Å²) in [6.45, 7) is 1.59. The van der Waals surface area contributed by atoms with E-state index in [4.69, 9.17) is 0 Å². The number of H-pyrrole nitrogens is 2. The number of benzene rings is 3. The summed E-state index contributed by atoms with van der Waals surface area (Å²) in [4.78, 5) is 27.8. The van der Waals surface area contributed by atoms with E-state index in [-0.39, 0.29) is 16.2 Å². The highest BCUT2D eigenvalue weighted by molar-refractivity contribution is 9.10. The van der Waals surface area contributed by atoms with Crippen LogP contribution in [0.4, 0.5) is 10.1 Å². The Morgan fingerprint density at radius 3 is 2.13 bits per heavy atom. The third-order valence-electron chi connectivity index (χ3n) is 4.68. The Hall–Kier alpha value is -3.24. The minimum absolute atomic E-state index is 0.0403. The zero-order valence-corrected chi connectivity index (χ0v) is 18.4. The number of hydrogen-bond acceptors (Lipinski definition) is 4. The number of hydrogen-bond donors (Lipinski definition) is 3. The molecule has 158 valence electrons. The number of aryl methyl sites for hydroxylation is 1. The molecule has 0 bridgehead atoms. The zero-order valence-electron chi connectivity index (χ0n) is 16.0. The quantitative estimate of drug-likeness (QED) is 0.366. The molecule has 0 unspecified atom stereocenters. The van der Waals surface area contributed by atoms with Crippen molar-refractivity contribution in [1.29, 1.82) is 0 Å². The van der Waals surface area contributed by atoms with Crippen LogP contribution in [0.3, 0.4) is 0 Å². The maximum Gasteiger partial charge on any atom is 0.314 e. The van der Waals surface area contributed by atoms with Gasteiger partial charge in [0.15, 0.2) is 0 Å². The van der Waals surface area contributed by atoms with Crippen LogP contribution < -0.4 is 15.8 Å². The predicted octanol–water partition coefficient (Wildman–Crippen LogP) is 3.89. The molecule has 0 saturated heterocycles. The molecule has 4 aromatic rings. The van der Waals surface area contributed by atoms with E-state index in [1.54, 1.807) is 37.3 Å². The normalized spacial score (nSPS) is 11.6. The Balaban J connectivity index is 1.70. The SMILES string of the molecule is Cc1cc2[nH]c(=O)c(=O)[nH]c2cc1S(=O)(=O)Nc1ccc(-c2ccc(F)cc2)c(Br)c1. The second-order valence-electron chi connectivity index (χ2n) is 6.88. The van der Waals surface area contributed by atoms with Crippen LogP contribution in [-0.4, -0.2) is 18.4 Å². The van der Waals surface area contributed by atoms with Gasteiger partial charge in [0.05, 0.1) is 15.9 Å². The molecule has 0 radical (unpaired) electrons. The van der Waals surface area contributed by atoms with Gasteiger partial charge < -0.3 is 9.97 Å². The van der Waals surface area contributed by atoms with E-state index in [1.165, 1.54) is 24.3 Å². The Kier molecular flexibility index (Phi) is 5.28. The van der Waals surface area contributed by atoms with Gasteiger partial charge in [0.2, 0.25) is 0 Å². The lowest BCUT2D eigenvalue weighted by Gasteiger charge is -2.13. The van der Waals surface area contributed by atoms with Crippen LogP contribution in [0.1, 0.15) is 5.56 Å². The highest BCUT2D eigenvalue weighted by atomic mass is 79.9. The van der Waals surface area contributed by atoms with Crippen LogP contribution in [0.25, 0.3) is 22.2 Å². The minimum Gasteiger partial charge on any atom is -0.316 e. The molecule has 7 nitrogen and oxygen atoms in total. The molecule has 4 rings (SSSR count). The van der Waals surface area contributed by atoms with Crippen molar-refractivity contribution in [2.75, 3.05) is 4.72 Å². The second kappa shape index (κ2) is 7.78. The van der Waals surface area contributed by atoms with E-state index < -0.39 is 21.1 Å². The molecule has 0 spiro atoms. The minimum atomic E-state index is -3.99. The van der Waals surface area contributed by atoms with Crippen molar-refractivity contribution in [3.63, 3.8) is 0 Å². The maximum atomic E-state index is 13.2. The summed E-state index contributed by atoms with van der Waals surface area (Å²) in [5.41, 5.74) is 1.09. The van der Waals surface area contributed by atoms with Gasteiger partial charge in [0, 0.05) is 10.2 Å². The molecule has 0 aliphatic heterocycles. The van der Waals surface area contributed by atoms with Gasteiger partial charge in [0.25, 0.3) is 10.0 Å². The molecule has 1 aromatic heterocycles. The van der Waals surface area contributed by atoms with Crippen LogP contribution in [-0.2, 0) is 10.0 Å². The molecule has 0 amide bonds. The van der Waals surface area contributed by atoms with E-state index in [9.17, 15) is 22.4 Å². The fourth-order valence-electron chi connectivity index (χ4n) is 3.19. The lowest BCUT2D eigenvalue weighted by atomic mass is 10.1. The van der Waals surface area contributed by atoms with Crippen molar-refractivity contribution >= 4 is 42.7 Å². The zero-order chi connectivity index (χ0) is 22.3. The fraction of sp³-hybridized carbons (Fsp3) is 0.0476. The van der Waals surface area contributed by atoms with Gasteiger partial charge in [-0.3, -0.25) is 14.3 Å². The molecule has 0 aliphatic carbocycles. The Bertz CT molecular complexity index is 1540. The van der Waals surface area contributed by atoms with Crippen molar-refractivity contribution in [2.45, 2.75) is 11.8 Å². The van der Waals surface area contributed by atoms with Crippen LogP contribution >= 0.6 is 15.9 Å². The highest BCUT2D eigenvalue weighted by Gasteiger charge is 2.19. The average Bonchev–Trinajstić information content (AvgIpc) is 2.69. The van der Waals surface area contributed by atoms with Crippen molar-refractivity contribution in [3.8, 4) is 11.1 Å². The molecule has 10 heteroatoms. The van der Waals surface area contributed by atoms with Crippen molar-refractivity contribution < 1.29 is 12.8 Å². The molecule has 1 heterocycles. The van der Waals surface area contributed by atoms with Crippen molar-refractivity contribution in [2.24, 2.45) is 0 Å². The number of aromatic nitrogens is 2. The number of anilines is 1. The molecule has 3 N–H and O–H groups in total. The molecule has 0 aliphatic rings. The summed E-state index contributed by atoms with van der Waals surface area (Å²) in [5, 5.41) is 0. The largest absolute Gasteiger partial charge is 0.316 e. The highest BCUT2D eigenvalue weighted by Crippen LogP contribution is 2.32. The van der Waals surface area contributed by atoms with Crippen LogP contribution in [0.2, 0.25) is 0 Å². The van der Waals surface area contributed by atoms with E-state index in [1.807, 2.05) is 0 Å². The van der Waals surface area contributed by atoms with Crippen LogP contribution in [0.15, 0.2) is 73.6 Å². The summed E-state index contributed by atoms with van der Waals surface area (Å²) >= 11 is 3.43. The first-order valence-corrected chi connectivity index (χ1v) is 11.3. The first-order chi connectivity index (χ1) is 14.6. The molecule has 0 saturated carbocycles. The van der Waals surface area contributed by atoms with Crippen LogP contribution in [0, 0.1) is 12.7 Å². The number of halogens is 2. The third-order valence-corrected chi connectivity index (χ3v) is 6.86. The molecular weight excluding hydrogens is 489 g/mol. The monoisotopic (exact) mass is 503 g/mol. The number of sulfonamides is 1. The second-order valence-corrected chi connectivity index (χ2v) is 9.38. The number of nitrogens with one attached hydrogen (secondary N) is 3.